The van der Waals surface area contributed by atoms with E-state index in [1.165, 1.54) is 16.8 Å². The summed E-state index contributed by atoms with van der Waals surface area (Å²) in [6.07, 6.45) is 19.9. The second-order valence-electron chi connectivity index (χ2n) is 4.30. The molecule has 0 bridgehead atoms. The van der Waals surface area contributed by atoms with Crippen LogP contribution in [-0.2, 0) is 0 Å². The molecule has 1 heteroatoms. The van der Waals surface area contributed by atoms with Crippen molar-refractivity contribution in [1.29, 1.82) is 0 Å². The summed E-state index contributed by atoms with van der Waals surface area (Å²) in [7, 11) is 0. The first-order chi connectivity index (χ1) is 7.45. The fourth-order valence-corrected chi connectivity index (χ4v) is 2.95. The number of nitrogens with zero attached hydrogens (tertiary/aromatic N) is 1. The standard InChI is InChI=1S/C14H11N/c1-4-10-5-3-9-15-13-8-2-6-11(13)12(7-1)14(10)15/h1-9,11,14H. The van der Waals surface area contributed by atoms with Crippen molar-refractivity contribution in [3.63, 3.8) is 0 Å². The quantitative estimate of drug-likeness (QED) is 0.571. The average molecular weight is 193 g/mol. The smallest absolute Gasteiger partial charge is 0.0808 e. The normalized spacial score (nSPS) is 33.6. The van der Waals surface area contributed by atoms with E-state index in [4.69, 9.17) is 0 Å². The zero-order valence-electron chi connectivity index (χ0n) is 8.30. The highest BCUT2D eigenvalue weighted by molar-refractivity contribution is 5.56. The minimum Gasteiger partial charge on any atom is -0.339 e. The Hall–Kier alpha value is -1.76. The Morgan fingerprint density at radius 2 is 2.00 bits per heavy atom. The maximum atomic E-state index is 2.40. The van der Waals surface area contributed by atoms with Crippen molar-refractivity contribution in [2.75, 3.05) is 0 Å². The molecule has 0 aromatic carbocycles. The summed E-state index contributed by atoms with van der Waals surface area (Å²) < 4.78 is 0. The van der Waals surface area contributed by atoms with Crippen LogP contribution in [0.15, 0.2) is 71.7 Å². The topological polar surface area (TPSA) is 3.24 Å². The Labute approximate surface area is 89.1 Å². The summed E-state index contributed by atoms with van der Waals surface area (Å²) >= 11 is 0. The van der Waals surface area contributed by atoms with Gasteiger partial charge in [-0.15, -0.1) is 0 Å². The van der Waals surface area contributed by atoms with Crippen LogP contribution in [-0.4, -0.2) is 10.9 Å². The lowest BCUT2D eigenvalue weighted by molar-refractivity contribution is 0.460. The number of fused-ring (bicyclic) bond motifs is 3. The molecule has 2 aliphatic heterocycles. The number of allylic oxidation sites excluding steroid dienone is 7. The first kappa shape index (κ1) is 7.52. The first-order valence-electron chi connectivity index (χ1n) is 5.38. The van der Waals surface area contributed by atoms with E-state index in [1.807, 2.05) is 0 Å². The van der Waals surface area contributed by atoms with Crippen molar-refractivity contribution in [2.24, 2.45) is 5.92 Å². The number of hydrogen-bond acceptors (Lipinski definition) is 1. The van der Waals surface area contributed by atoms with Crippen LogP contribution in [0.2, 0.25) is 0 Å². The van der Waals surface area contributed by atoms with Gasteiger partial charge >= 0.3 is 0 Å². The van der Waals surface area contributed by atoms with Crippen molar-refractivity contribution in [2.45, 2.75) is 6.04 Å². The Morgan fingerprint density at radius 3 is 3.00 bits per heavy atom. The Bertz CT molecular complexity index is 511. The lowest BCUT2D eigenvalue weighted by Gasteiger charge is -2.29. The van der Waals surface area contributed by atoms with Gasteiger partial charge in [-0.1, -0.05) is 36.5 Å². The van der Waals surface area contributed by atoms with Crippen molar-refractivity contribution in [3.8, 4) is 0 Å². The van der Waals surface area contributed by atoms with Gasteiger partial charge in [-0.05, 0) is 23.3 Å². The van der Waals surface area contributed by atoms with E-state index in [9.17, 15) is 0 Å². The minimum absolute atomic E-state index is 0.473. The molecule has 4 rings (SSSR count). The van der Waals surface area contributed by atoms with Gasteiger partial charge in [-0.3, -0.25) is 0 Å². The lowest BCUT2D eigenvalue weighted by atomic mass is 9.88. The van der Waals surface area contributed by atoms with E-state index in [0.29, 0.717) is 12.0 Å². The summed E-state index contributed by atoms with van der Waals surface area (Å²) in [6, 6.07) is 0.473. The summed E-state index contributed by atoms with van der Waals surface area (Å²) in [5, 5.41) is 0. The van der Waals surface area contributed by atoms with Crippen LogP contribution in [0.4, 0.5) is 0 Å². The van der Waals surface area contributed by atoms with Crippen LogP contribution in [0.5, 0.6) is 0 Å². The highest BCUT2D eigenvalue weighted by Gasteiger charge is 2.41. The van der Waals surface area contributed by atoms with Crippen LogP contribution in [0.25, 0.3) is 0 Å². The molecule has 0 aromatic rings. The van der Waals surface area contributed by atoms with Crippen molar-refractivity contribution in [1.82, 2.24) is 4.90 Å². The zero-order chi connectivity index (χ0) is 9.83. The third-order valence-electron chi connectivity index (χ3n) is 3.57. The van der Waals surface area contributed by atoms with Gasteiger partial charge in [0.05, 0.1) is 6.04 Å². The van der Waals surface area contributed by atoms with Gasteiger partial charge in [0.1, 0.15) is 0 Å². The van der Waals surface area contributed by atoms with E-state index in [1.54, 1.807) is 0 Å². The average Bonchev–Trinajstić information content (AvgIpc) is 2.84. The van der Waals surface area contributed by atoms with Crippen molar-refractivity contribution < 1.29 is 0 Å². The number of rotatable bonds is 0. The molecule has 0 aromatic heterocycles. The summed E-state index contributed by atoms with van der Waals surface area (Å²) in [5.41, 5.74) is 4.36. The van der Waals surface area contributed by atoms with Gasteiger partial charge in [0.15, 0.2) is 0 Å². The molecule has 0 N–H and O–H groups in total. The second kappa shape index (κ2) is 2.43. The molecule has 0 spiro atoms. The molecule has 15 heavy (non-hydrogen) atoms. The predicted octanol–water partition coefficient (Wildman–Crippen LogP) is 2.69. The Balaban J connectivity index is 1.97. The lowest BCUT2D eigenvalue weighted by Crippen LogP contribution is -2.28. The molecule has 0 amide bonds. The van der Waals surface area contributed by atoms with Gasteiger partial charge in [0.2, 0.25) is 0 Å². The van der Waals surface area contributed by atoms with Crippen molar-refractivity contribution >= 4 is 0 Å². The van der Waals surface area contributed by atoms with Crippen molar-refractivity contribution in [3.05, 3.63) is 71.7 Å². The first-order valence-corrected chi connectivity index (χ1v) is 5.38. The molecule has 2 aliphatic carbocycles. The van der Waals surface area contributed by atoms with E-state index in [-0.39, 0.29) is 0 Å². The fraction of sp³-hybridized carbons (Fsp3) is 0.143. The van der Waals surface area contributed by atoms with E-state index in [2.05, 4.69) is 59.7 Å². The maximum Gasteiger partial charge on any atom is 0.0808 e. The molecule has 1 fully saturated rings. The van der Waals surface area contributed by atoms with E-state index < -0.39 is 0 Å². The second-order valence-corrected chi connectivity index (χ2v) is 4.30. The molecule has 0 saturated carbocycles. The summed E-state index contributed by atoms with van der Waals surface area (Å²) in [5.74, 6) is 0.520. The minimum atomic E-state index is 0.473. The Kier molecular flexibility index (Phi) is 1.22. The maximum absolute atomic E-state index is 2.40. The van der Waals surface area contributed by atoms with Gasteiger partial charge < -0.3 is 4.90 Å². The van der Waals surface area contributed by atoms with Gasteiger partial charge in [-0.2, -0.15) is 0 Å². The summed E-state index contributed by atoms with van der Waals surface area (Å²) in [6.45, 7) is 0. The monoisotopic (exact) mass is 193 g/mol. The molecular formula is C14H11N. The van der Waals surface area contributed by atoms with Gasteiger partial charge in [0, 0.05) is 17.8 Å². The summed E-state index contributed by atoms with van der Waals surface area (Å²) in [4.78, 5) is 2.40. The molecule has 2 atom stereocenters. The highest BCUT2D eigenvalue weighted by Crippen LogP contribution is 2.46. The highest BCUT2D eigenvalue weighted by atomic mass is 15.2. The zero-order valence-corrected chi connectivity index (χ0v) is 8.30. The molecule has 0 radical (unpaired) electrons. The van der Waals surface area contributed by atoms with Crippen LogP contribution >= 0.6 is 0 Å². The largest absolute Gasteiger partial charge is 0.339 e. The van der Waals surface area contributed by atoms with E-state index >= 15 is 0 Å². The molecule has 1 saturated heterocycles. The fourth-order valence-electron chi connectivity index (χ4n) is 2.95. The van der Waals surface area contributed by atoms with Crippen LogP contribution in [0.1, 0.15) is 0 Å². The van der Waals surface area contributed by atoms with E-state index in [0.717, 1.165) is 0 Å². The molecule has 4 aliphatic rings. The predicted molar refractivity (Wildman–Crippen MR) is 60.8 cm³/mol. The Morgan fingerprint density at radius 1 is 1.00 bits per heavy atom. The van der Waals surface area contributed by atoms with Crippen LogP contribution in [0.3, 0.4) is 0 Å². The molecule has 2 heterocycles. The number of hydrogen-bond donors (Lipinski definition) is 0. The molecule has 2 unspecified atom stereocenters. The van der Waals surface area contributed by atoms with Crippen LogP contribution in [0, 0.1) is 5.92 Å². The molecule has 1 nitrogen and oxygen atoms in total. The van der Waals surface area contributed by atoms with Gasteiger partial charge in [0.25, 0.3) is 0 Å². The third kappa shape index (κ3) is 0.793. The molecular weight excluding hydrogens is 182 g/mol. The molecule has 72 valence electrons. The SMILES string of the molecule is C1=CC2=CC=CN3C4=CC=CC4C(=C1)C23. The van der Waals surface area contributed by atoms with Crippen LogP contribution < -0.4 is 0 Å². The third-order valence-corrected chi connectivity index (χ3v) is 3.57. The van der Waals surface area contributed by atoms with Gasteiger partial charge in [-0.25, -0.2) is 0 Å².